The van der Waals surface area contributed by atoms with Crippen molar-refractivity contribution < 1.29 is 13.9 Å². The molecule has 1 atom stereocenters. The SMILES string of the molecule is CCCSc1nc2n(n1)C(c1ccccc1F)C(C(=O)Nc1ccccc1OCC)=C(C)N2. The topological polar surface area (TPSA) is 81.1 Å². The Morgan fingerprint density at radius 1 is 1.21 bits per heavy atom. The second-order valence-corrected chi connectivity index (χ2v) is 8.54. The monoisotopic (exact) mass is 467 g/mol. The van der Waals surface area contributed by atoms with Gasteiger partial charge in [-0.3, -0.25) is 4.79 Å². The molecule has 0 bridgehead atoms. The van der Waals surface area contributed by atoms with E-state index in [0.717, 1.165) is 12.2 Å². The average molecular weight is 468 g/mol. The summed E-state index contributed by atoms with van der Waals surface area (Å²) in [6.45, 7) is 6.21. The number of carbonyl (C=O) groups is 1. The van der Waals surface area contributed by atoms with Crippen molar-refractivity contribution in [2.75, 3.05) is 23.0 Å². The van der Waals surface area contributed by atoms with Crippen LogP contribution in [0.4, 0.5) is 16.0 Å². The van der Waals surface area contributed by atoms with Gasteiger partial charge in [-0.05, 0) is 38.5 Å². The van der Waals surface area contributed by atoms with Gasteiger partial charge in [-0.1, -0.05) is 49.0 Å². The number of aromatic nitrogens is 3. The first-order valence-electron chi connectivity index (χ1n) is 10.9. The van der Waals surface area contributed by atoms with Crippen LogP contribution >= 0.6 is 11.8 Å². The lowest BCUT2D eigenvalue weighted by atomic mass is 9.94. The van der Waals surface area contributed by atoms with Crippen molar-refractivity contribution in [2.45, 2.75) is 38.4 Å². The number of allylic oxidation sites excluding steroid dienone is 1. The van der Waals surface area contributed by atoms with E-state index in [2.05, 4.69) is 27.6 Å². The van der Waals surface area contributed by atoms with Gasteiger partial charge in [0, 0.05) is 17.0 Å². The van der Waals surface area contributed by atoms with Gasteiger partial charge in [-0.25, -0.2) is 9.07 Å². The molecule has 0 saturated carbocycles. The van der Waals surface area contributed by atoms with Crippen LogP contribution in [0.3, 0.4) is 0 Å². The third kappa shape index (κ3) is 4.73. The molecule has 33 heavy (non-hydrogen) atoms. The Kier molecular flexibility index (Phi) is 6.98. The standard InChI is InChI=1S/C24H26FN5O2S/c1-4-14-33-24-28-23-26-15(3)20(21(30(23)29-24)16-10-6-7-11-17(16)25)22(31)27-18-12-8-9-13-19(18)32-5-2/h6-13,21H,4-5,14H2,1-3H3,(H,27,31)(H,26,28,29). The van der Waals surface area contributed by atoms with Crippen LogP contribution in [0.25, 0.3) is 0 Å². The molecule has 0 radical (unpaired) electrons. The predicted molar refractivity (Wildman–Crippen MR) is 128 cm³/mol. The molecule has 0 aliphatic carbocycles. The van der Waals surface area contributed by atoms with Gasteiger partial charge < -0.3 is 15.4 Å². The molecule has 2 N–H and O–H groups in total. The maximum Gasteiger partial charge on any atom is 0.255 e. The zero-order chi connectivity index (χ0) is 23.4. The smallest absolute Gasteiger partial charge is 0.255 e. The summed E-state index contributed by atoms with van der Waals surface area (Å²) >= 11 is 1.52. The molecule has 1 aliphatic rings. The minimum absolute atomic E-state index is 0.347. The Morgan fingerprint density at radius 3 is 2.73 bits per heavy atom. The largest absolute Gasteiger partial charge is 0.492 e. The van der Waals surface area contributed by atoms with E-state index in [1.54, 1.807) is 41.9 Å². The number of para-hydroxylation sites is 2. The Bertz CT molecular complexity index is 1190. The highest BCUT2D eigenvalue weighted by molar-refractivity contribution is 7.99. The van der Waals surface area contributed by atoms with Crippen molar-refractivity contribution in [3.63, 3.8) is 0 Å². The van der Waals surface area contributed by atoms with Gasteiger partial charge in [0.1, 0.15) is 17.6 Å². The van der Waals surface area contributed by atoms with Crippen molar-refractivity contribution in [3.05, 3.63) is 71.2 Å². The van der Waals surface area contributed by atoms with Gasteiger partial charge >= 0.3 is 0 Å². The van der Waals surface area contributed by atoms with E-state index in [1.807, 2.05) is 19.1 Å². The Balaban J connectivity index is 1.76. The van der Waals surface area contributed by atoms with E-state index in [1.165, 1.54) is 17.8 Å². The molecule has 0 saturated heterocycles. The fraction of sp³-hybridized carbons (Fsp3) is 0.292. The summed E-state index contributed by atoms with van der Waals surface area (Å²) in [5, 5.41) is 11.3. The van der Waals surface area contributed by atoms with Crippen molar-refractivity contribution in [2.24, 2.45) is 0 Å². The molecule has 2 heterocycles. The molecule has 7 nitrogen and oxygen atoms in total. The van der Waals surface area contributed by atoms with Gasteiger partial charge in [-0.15, -0.1) is 5.10 Å². The molecule has 172 valence electrons. The van der Waals surface area contributed by atoms with Crippen LogP contribution in [0, 0.1) is 5.82 Å². The van der Waals surface area contributed by atoms with Gasteiger partial charge in [0.15, 0.2) is 0 Å². The molecule has 0 spiro atoms. The maximum atomic E-state index is 15.0. The third-order valence-corrected chi connectivity index (χ3v) is 6.19. The number of hydrogen-bond donors (Lipinski definition) is 2. The first-order chi connectivity index (χ1) is 16.0. The molecular weight excluding hydrogens is 441 g/mol. The van der Waals surface area contributed by atoms with Crippen LogP contribution in [-0.2, 0) is 4.79 Å². The summed E-state index contributed by atoms with van der Waals surface area (Å²) in [5.74, 6) is 1.12. The number of thioether (sulfide) groups is 1. The lowest BCUT2D eigenvalue weighted by molar-refractivity contribution is -0.113. The summed E-state index contributed by atoms with van der Waals surface area (Å²) < 4.78 is 22.2. The first kappa shape index (κ1) is 22.8. The Morgan fingerprint density at radius 2 is 1.97 bits per heavy atom. The van der Waals surface area contributed by atoms with Crippen molar-refractivity contribution in [3.8, 4) is 5.75 Å². The van der Waals surface area contributed by atoms with E-state index in [4.69, 9.17) is 4.74 Å². The first-order valence-corrected chi connectivity index (χ1v) is 11.9. The highest BCUT2D eigenvalue weighted by Gasteiger charge is 2.36. The fourth-order valence-corrected chi connectivity index (χ4v) is 4.39. The van der Waals surface area contributed by atoms with E-state index in [0.29, 0.717) is 46.0 Å². The third-order valence-electron chi connectivity index (χ3n) is 5.15. The van der Waals surface area contributed by atoms with Crippen molar-refractivity contribution in [1.29, 1.82) is 0 Å². The summed E-state index contributed by atoms with van der Waals surface area (Å²) in [5.41, 5.74) is 1.83. The van der Waals surface area contributed by atoms with Crippen LogP contribution in [0.1, 0.15) is 38.8 Å². The van der Waals surface area contributed by atoms with Gasteiger partial charge in [0.2, 0.25) is 11.1 Å². The molecule has 9 heteroatoms. The Labute approximate surface area is 196 Å². The van der Waals surface area contributed by atoms with Gasteiger partial charge in [0.25, 0.3) is 5.91 Å². The number of anilines is 2. The molecule has 3 aromatic rings. The highest BCUT2D eigenvalue weighted by atomic mass is 32.2. The maximum absolute atomic E-state index is 15.0. The number of halogens is 1. The number of amides is 1. The van der Waals surface area contributed by atoms with E-state index >= 15 is 0 Å². The van der Waals surface area contributed by atoms with Crippen LogP contribution in [0.5, 0.6) is 5.75 Å². The summed E-state index contributed by atoms with van der Waals surface area (Å²) in [6, 6.07) is 12.9. The molecule has 1 amide bonds. The van der Waals surface area contributed by atoms with E-state index in [-0.39, 0.29) is 5.91 Å². The number of carbonyl (C=O) groups excluding carboxylic acids is 1. The summed E-state index contributed by atoms with van der Waals surface area (Å²) in [7, 11) is 0. The lowest BCUT2D eigenvalue weighted by Gasteiger charge is -2.29. The zero-order valence-electron chi connectivity index (χ0n) is 18.8. The van der Waals surface area contributed by atoms with Gasteiger partial charge in [-0.2, -0.15) is 4.98 Å². The molecule has 2 aromatic carbocycles. The Hall–Kier alpha value is -3.33. The minimum atomic E-state index is -0.773. The molecule has 1 aromatic heterocycles. The number of benzene rings is 2. The lowest BCUT2D eigenvalue weighted by Crippen LogP contribution is -2.32. The number of fused-ring (bicyclic) bond motifs is 1. The average Bonchev–Trinajstić information content (AvgIpc) is 3.21. The van der Waals surface area contributed by atoms with Crippen LogP contribution in [0.15, 0.2) is 65.0 Å². The van der Waals surface area contributed by atoms with E-state index < -0.39 is 11.9 Å². The van der Waals surface area contributed by atoms with E-state index in [9.17, 15) is 9.18 Å². The van der Waals surface area contributed by atoms with Crippen LogP contribution in [-0.4, -0.2) is 33.0 Å². The number of nitrogens with zero attached hydrogens (tertiary/aromatic N) is 3. The van der Waals surface area contributed by atoms with Crippen LogP contribution < -0.4 is 15.4 Å². The second kappa shape index (κ2) is 10.1. The highest BCUT2D eigenvalue weighted by Crippen LogP contribution is 2.38. The van der Waals surface area contributed by atoms with Crippen molar-refractivity contribution >= 4 is 29.3 Å². The van der Waals surface area contributed by atoms with Gasteiger partial charge in [0.05, 0.1) is 17.9 Å². The number of rotatable bonds is 8. The van der Waals surface area contributed by atoms with Crippen molar-refractivity contribution in [1.82, 2.24) is 14.8 Å². The number of nitrogens with one attached hydrogen (secondary N) is 2. The van der Waals surface area contributed by atoms with Crippen LogP contribution in [0.2, 0.25) is 0 Å². The normalized spacial score (nSPS) is 15.1. The molecular formula is C24H26FN5O2S. The molecule has 4 rings (SSSR count). The minimum Gasteiger partial charge on any atom is -0.492 e. The number of hydrogen-bond acceptors (Lipinski definition) is 6. The molecule has 1 aliphatic heterocycles. The second-order valence-electron chi connectivity index (χ2n) is 7.48. The predicted octanol–water partition coefficient (Wildman–Crippen LogP) is 5.25. The molecule has 0 fully saturated rings. The zero-order valence-corrected chi connectivity index (χ0v) is 19.6. The molecule has 1 unspecified atom stereocenters. The number of ether oxygens (including phenoxy) is 1. The quantitative estimate of drug-likeness (QED) is 0.441. The summed E-state index contributed by atoms with van der Waals surface area (Å²) in [6.07, 6.45) is 0.975. The summed E-state index contributed by atoms with van der Waals surface area (Å²) in [4.78, 5) is 18.1. The fourth-order valence-electron chi connectivity index (χ4n) is 3.71.